The number of rotatable bonds is 7. The van der Waals surface area contributed by atoms with Crippen LogP contribution in [0.5, 0.6) is 0 Å². The van der Waals surface area contributed by atoms with Crippen LogP contribution in [0.25, 0.3) is 0 Å². The van der Waals surface area contributed by atoms with E-state index in [-0.39, 0.29) is 18.1 Å². The molecule has 0 aliphatic carbocycles. The largest absolute Gasteiger partial charge is 0.468 e. The van der Waals surface area contributed by atoms with Crippen LogP contribution < -0.4 is 5.32 Å². The smallest absolute Gasteiger partial charge is 0.322 e. The first-order chi connectivity index (χ1) is 7.06. The van der Waals surface area contributed by atoms with Crippen molar-refractivity contribution in [3.8, 4) is 0 Å². The van der Waals surface area contributed by atoms with Gasteiger partial charge in [-0.15, -0.1) is 0 Å². The molecule has 0 aromatic carbocycles. The van der Waals surface area contributed by atoms with Crippen molar-refractivity contribution in [1.29, 1.82) is 0 Å². The zero-order chi connectivity index (χ0) is 11.8. The fourth-order valence-corrected chi connectivity index (χ4v) is 1.37. The number of carbonyl (C=O) groups is 1. The fourth-order valence-electron chi connectivity index (χ4n) is 1.37. The molecular formula is C11H23NO3. The Hall–Kier alpha value is -0.610. The molecule has 0 aliphatic heterocycles. The number of ether oxygens (including phenoxy) is 2. The van der Waals surface area contributed by atoms with Gasteiger partial charge < -0.3 is 9.47 Å². The topological polar surface area (TPSA) is 47.6 Å². The van der Waals surface area contributed by atoms with Crippen LogP contribution in [0.2, 0.25) is 0 Å². The highest BCUT2D eigenvalue weighted by atomic mass is 16.5. The van der Waals surface area contributed by atoms with E-state index >= 15 is 0 Å². The van der Waals surface area contributed by atoms with E-state index in [1.807, 2.05) is 6.92 Å². The predicted molar refractivity (Wildman–Crippen MR) is 59.7 cm³/mol. The summed E-state index contributed by atoms with van der Waals surface area (Å²) in [5.74, 6) is 0.211. The molecule has 4 heteroatoms. The van der Waals surface area contributed by atoms with Crippen molar-refractivity contribution in [2.24, 2.45) is 5.92 Å². The summed E-state index contributed by atoms with van der Waals surface area (Å²) >= 11 is 0. The summed E-state index contributed by atoms with van der Waals surface area (Å²) in [5, 5.41) is 3.26. The van der Waals surface area contributed by atoms with E-state index in [9.17, 15) is 4.79 Å². The van der Waals surface area contributed by atoms with E-state index in [0.29, 0.717) is 12.5 Å². The van der Waals surface area contributed by atoms with Gasteiger partial charge >= 0.3 is 5.97 Å². The van der Waals surface area contributed by atoms with Gasteiger partial charge in [-0.3, -0.25) is 10.1 Å². The Labute approximate surface area is 92.3 Å². The number of hydrogen-bond donors (Lipinski definition) is 1. The van der Waals surface area contributed by atoms with Crippen molar-refractivity contribution < 1.29 is 14.3 Å². The molecule has 90 valence electrons. The van der Waals surface area contributed by atoms with Crippen LogP contribution in [0.3, 0.4) is 0 Å². The third kappa shape index (κ3) is 5.14. The predicted octanol–water partition coefficient (Wildman–Crippen LogP) is 1.20. The second-order valence-corrected chi connectivity index (χ2v) is 3.96. The van der Waals surface area contributed by atoms with Gasteiger partial charge in [0.05, 0.1) is 13.7 Å². The summed E-state index contributed by atoms with van der Waals surface area (Å²) < 4.78 is 9.83. The summed E-state index contributed by atoms with van der Waals surface area (Å²) in [4.78, 5) is 11.4. The quantitative estimate of drug-likeness (QED) is 0.651. The van der Waals surface area contributed by atoms with Crippen molar-refractivity contribution >= 4 is 5.97 Å². The Bertz CT molecular complexity index is 183. The summed E-state index contributed by atoms with van der Waals surface area (Å²) in [6, 6.07) is -0.0587. The highest BCUT2D eigenvalue weighted by Gasteiger charge is 2.22. The van der Waals surface area contributed by atoms with Crippen molar-refractivity contribution in [3.05, 3.63) is 0 Å². The van der Waals surface area contributed by atoms with Gasteiger partial charge in [-0.2, -0.15) is 0 Å². The molecule has 1 N–H and O–H groups in total. The van der Waals surface area contributed by atoms with Gasteiger partial charge in [0, 0.05) is 13.2 Å². The lowest BCUT2D eigenvalue weighted by Crippen LogP contribution is -2.47. The molecule has 2 unspecified atom stereocenters. The van der Waals surface area contributed by atoms with Crippen LogP contribution in [-0.2, 0) is 14.3 Å². The van der Waals surface area contributed by atoms with Crippen molar-refractivity contribution in [2.45, 2.75) is 39.3 Å². The van der Waals surface area contributed by atoms with Crippen molar-refractivity contribution in [1.82, 2.24) is 5.32 Å². The fraction of sp³-hybridized carbons (Fsp3) is 0.909. The Kier molecular flexibility index (Phi) is 7.34. The third-order valence-corrected chi connectivity index (χ3v) is 2.46. The molecule has 0 radical (unpaired) electrons. The van der Waals surface area contributed by atoms with E-state index in [4.69, 9.17) is 9.47 Å². The van der Waals surface area contributed by atoms with Gasteiger partial charge in [0.15, 0.2) is 0 Å². The maximum atomic E-state index is 11.4. The average Bonchev–Trinajstić information content (AvgIpc) is 2.22. The van der Waals surface area contributed by atoms with Crippen molar-refractivity contribution in [3.63, 3.8) is 0 Å². The maximum Gasteiger partial charge on any atom is 0.322 e. The molecule has 0 rings (SSSR count). The molecule has 0 aromatic rings. The molecule has 0 saturated heterocycles. The molecule has 4 nitrogen and oxygen atoms in total. The Morgan fingerprint density at radius 1 is 1.33 bits per heavy atom. The van der Waals surface area contributed by atoms with Gasteiger partial charge in [-0.1, -0.05) is 20.8 Å². The zero-order valence-electron chi connectivity index (χ0n) is 10.4. The van der Waals surface area contributed by atoms with Crippen molar-refractivity contribution in [2.75, 3.05) is 20.8 Å². The molecule has 0 aromatic heterocycles. The van der Waals surface area contributed by atoms with Gasteiger partial charge in [0.1, 0.15) is 6.04 Å². The van der Waals surface area contributed by atoms with E-state index in [2.05, 4.69) is 19.2 Å². The monoisotopic (exact) mass is 217 g/mol. The average molecular weight is 217 g/mol. The normalized spacial score (nSPS) is 15.1. The molecule has 0 bridgehead atoms. The second-order valence-electron chi connectivity index (χ2n) is 3.96. The number of carbonyl (C=O) groups excluding carboxylic acids is 1. The summed E-state index contributed by atoms with van der Waals surface area (Å²) in [6.07, 6.45) is 0.722. The zero-order valence-corrected chi connectivity index (χ0v) is 10.4. The molecule has 0 heterocycles. The lowest BCUT2D eigenvalue weighted by atomic mass is 10.0. The summed E-state index contributed by atoms with van der Waals surface area (Å²) in [5.41, 5.74) is 0. The molecular weight excluding hydrogens is 194 g/mol. The molecule has 0 aliphatic rings. The summed E-state index contributed by atoms with van der Waals surface area (Å²) in [6.45, 7) is 6.76. The minimum Gasteiger partial charge on any atom is -0.468 e. The van der Waals surface area contributed by atoms with Gasteiger partial charge in [-0.05, 0) is 12.3 Å². The molecule has 0 saturated carbocycles. The molecule has 0 amide bonds. The second kappa shape index (κ2) is 7.65. The number of methoxy groups -OCH3 is 2. The summed E-state index contributed by atoms with van der Waals surface area (Å²) in [7, 11) is 3.07. The lowest BCUT2D eigenvalue weighted by molar-refractivity contribution is -0.143. The van der Waals surface area contributed by atoms with Crippen LogP contribution in [0, 0.1) is 5.92 Å². The number of esters is 1. The first-order valence-electron chi connectivity index (χ1n) is 5.39. The van der Waals surface area contributed by atoms with Gasteiger partial charge in [-0.25, -0.2) is 0 Å². The molecule has 0 fully saturated rings. The van der Waals surface area contributed by atoms with Gasteiger partial charge in [0.25, 0.3) is 0 Å². The van der Waals surface area contributed by atoms with E-state index in [0.717, 1.165) is 6.42 Å². The van der Waals surface area contributed by atoms with Crippen LogP contribution in [0.4, 0.5) is 0 Å². The standard InChI is InChI=1S/C11H23NO3/c1-6-9(11(13)15-5)12-10(7-14-4)8(2)3/h8-10,12H,6-7H2,1-5H3. The van der Waals surface area contributed by atoms with E-state index in [1.165, 1.54) is 7.11 Å². The number of hydrogen-bond acceptors (Lipinski definition) is 4. The Morgan fingerprint density at radius 2 is 1.93 bits per heavy atom. The SMILES string of the molecule is CCC(NC(COC)C(C)C)C(=O)OC. The van der Waals surface area contributed by atoms with Gasteiger partial charge in [0.2, 0.25) is 0 Å². The van der Waals surface area contributed by atoms with E-state index in [1.54, 1.807) is 7.11 Å². The highest BCUT2D eigenvalue weighted by Crippen LogP contribution is 2.05. The Balaban J connectivity index is 4.27. The molecule has 15 heavy (non-hydrogen) atoms. The lowest BCUT2D eigenvalue weighted by Gasteiger charge is -2.25. The highest BCUT2D eigenvalue weighted by molar-refractivity contribution is 5.75. The molecule has 0 spiro atoms. The Morgan fingerprint density at radius 3 is 2.27 bits per heavy atom. The van der Waals surface area contributed by atoms with Crippen LogP contribution in [0.1, 0.15) is 27.2 Å². The molecule has 2 atom stereocenters. The first kappa shape index (κ1) is 14.4. The first-order valence-corrected chi connectivity index (χ1v) is 5.39. The minimum atomic E-state index is -0.238. The van der Waals surface area contributed by atoms with E-state index < -0.39 is 0 Å². The minimum absolute atomic E-state index is 0.180. The number of nitrogens with one attached hydrogen (secondary N) is 1. The van der Waals surface area contributed by atoms with Crippen LogP contribution >= 0.6 is 0 Å². The maximum absolute atomic E-state index is 11.4. The third-order valence-electron chi connectivity index (χ3n) is 2.46. The van der Waals surface area contributed by atoms with Crippen LogP contribution in [-0.4, -0.2) is 38.9 Å². The van der Waals surface area contributed by atoms with Crippen LogP contribution in [0.15, 0.2) is 0 Å².